The highest BCUT2D eigenvalue weighted by molar-refractivity contribution is 7.80. The number of rotatable bonds is 2. The van der Waals surface area contributed by atoms with Gasteiger partial charge in [0.05, 0.1) is 11.1 Å². The van der Waals surface area contributed by atoms with E-state index in [0.29, 0.717) is 11.1 Å². The van der Waals surface area contributed by atoms with Crippen molar-refractivity contribution < 1.29 is 0 Å². The molecule has 0 heterocycles. The van der Waals surface area contributed by atoms with Crippen molar-refractivity contribution in [1.82, 2.24) is 0 Å². The lowest BCUT2D eigenvalue weighted by molar-refractivity contribution is 1.39. The highest BCUT2D eigenvalue weighted by Crippen LogP contribution is 2.39. The van der Waals surface area contributed by atoms with Crippen LogP contribution in [0.4, 0.5) is 0 Å². The molecule has 0 radical (unpaired) electrons. The molecule has 0 N–H and O–H groups in total. The van der Waals surface area contributed by atoms with Crippen LogP contribution in [-0.4, -0.2) is 0 Å². The third-order valence-corrected chi connectivity index (χ3v) is 4.57. The number of nitriles is 2. The van der Waals surface area contributed by atoms with E-state index >= 15 is 0 Å². The first-order valence-electron chi connectivity index (χ1n) is 7.20. The molecule has 0 bridgehead atoms. The third-order valence-electron chi connectivity index (χ3n) is 3.79. The Hall–Kier alpha value is -2.66. The summed E-state index contributed by atoms with van der Waals surface area (Å²) < 4.78 is 0. The van der Waals surface area contributed by atoms with E-state index in [1.807, 2.05) is 48.5 Å². The van der Waals surface area contributed by atoms with Crippen LogP contribution in [0.3, 0.4) is 0 Å². The molecule has 3 aromatic carbocycles. The summed E-state index contributed by atoms with van der Waals surface area (Å²) >= 11 is 9.08. The van der Waals surface area contributed by atoms with E-state index in [1.165, 1.54) is 0 Å². The summed E-state index contributed by atoms with van der Waals surface area (Å²) in [5.41, 5.74) is 4.24. The van der Waals surface area contributed by atoms with Gasteiger partial charge in [-0.1, -0.05) is 36.4 Å². The Morgan fingerprint density at radius 1 is 0.583 bits per heavy atom. The van der Waals surface area contributed by atoms with Gasteiger partial charge in [-0.25, -0.2) is 0 Å². The van der Waals surface area contributed by atoms with Gasteiger partial charge in [0, 0.05) is 9.79 Å². The molecule has 0 fully saturated rings. The van der Waals surface area contributed by atoms with E-state index in [2.05, 4.69) is 37.4 Å². The fourth-order valence-electron chi connectivity index (χ4n) is 2.63. The molecular formula is C20H12N2S2. The fourth-order valence-corrected chi connectivity index (χ4v) is 3.20. The van der Waals surface area contributed by atoms with Crippen molar-refractivity contribution in [3.05, 3.63) is 71.8 Å². The summed E-state index contributed by atoms with van der Waals surface area (Å²) in [6.07, 6.45) is 0. The summed E-state index contributed by atoms with van der Waals surface area (Å²) in [5.74, 6) is 0. The second-order valence-electron chi connectivity index (χ2n) is 5.20. The van der Waals surface area contributed by atoms with Gasteiger partial charge >= 0.3 is 0 Å². The highest BCUT2D eigenvalue weighted by atomic mass is 32.1. The van der Waals surface area contributed by atoms with Gasteiger partial charge in [-0.05, 0) is 46.5 Å². The van der Waals surface area contributed by atoms with Crippen LogP contribution in [-0.2, 0) is 0 Å². The first kappa shape index (κ1) is 16.2. The fraction of sp³-hybridized carbons (Fsp3) is 0. The van der Waals surface area contributed by atoms with Gasteiger partial charge in [-0.3, -0.25) is 0 Å². The molecular weight excluding hydrogens is 332 g/mol. The summed E-state index contributed by atoms with van der Waals surface area (Å²) in [7, 11) is 0. The van der Waals surface area contributed by atoms with Crippen LogP contribution in [0.2, 0.25) is 0 Å². The molecule has 0 aliphatic rings. The summed E-state index contributed by atoms with van der Waals surface area (Å²) in [6, 6.07) is 23.1. The maximum atomic E-state index is 9.37. The third kappa shape index (κ3) is 2.90. The number of thiol groups is 2. The average molecular weight is 344 g/mol. The molecule has 0 saturated heterocycles. The summed E-state index contributed by atoms with van der Waals surface area (Å²) in [6.45, 7) is 0. The van der Waals surface area contributed by atoms with Crippen LogP contribution in [0, 0.1) is 22.7 Å². The van der Waals surface area contributed by atoms with Gasteiger partial charge in [-0.15, -0.1) is 25.3 Å². The number of hydrogen-bond donors (Lipinski definition) is 2. The van der Waals surface area contributed by atoms with Gasteiger partial charge in [0.2, 0.25) is 0 Å². The first-order chi connectivity index (χ1) is 11.7. The van der Waals surface area contributed by atoms with Crippen LogP contribution in [0.5, 0.6) is 0 Å². The van der Waals surface area contributed by atoms with Crippen molar-refractivity contribution in [3.63, 3.8) is 0 Å². The van der Waals surface area contributed by atoms with Crippen LogP contribution in [0.1, 0.15) is 11.1 Å². The van der Waals surface area contributed by atoms with E-state index in [-0.39, 0.29) is 0 Å². The Bertz CT molecular complexity index is 928. The zero-order valence-corrected chi connectivity index (χ0v) is 14.4. The minimum absolute atomic E-state index is 0.351. The molecule has 0 spiro atoms. The van der Waals surface area contributed by atoms with Crippen molar-refractivity contribution in [2.75, 3.05) is 0 Å². The Morgan fingerprint density at radius 3 is 1.29 bits per heavy atom. The first-order valence-corrected chi connectivity index (χ1v) is 8.10. The van der Waals surface area contributed by atoms with Crippen LogP contribution >= 0.6 is 25.3 Å². The Balaban J connectivity index is 2.40. The quantitative estimate of drug-likeness (QED) is 0.616. The Kier molecular flexibility index (Phi) is 4.62. The van der Waals surface area contributed by atoms with Gasteiger partial charge in [-0.2, -0.15) is 10.5 Å². The van der Waals surface area contributed by atoms with Crippen molar-refractivity contribution in [3.8, 4) is 34.4 Å². The highest BCUT2D eigenvalue weighted by Gasteiger charge is 2.15. The second-order valence-corrected chi connectivity index (χ2v) is 6.16. The number of benzene rings is 3. The predicted octanol–water partition coefficient (Wildman–Crippen LogP) is 5.34. The van der Waals surface area contributed by atoms with E-state index in [4.69, 9.17) is 0 Å². The van der Waals surface area contributed by atoms with Crippen LogP contribution < -0.4 is 0 Å². The second kappa shape index (κ2) is 6.84. The molecule has 0 aliphatic carbocycles. The van der Waals surface area contributed by atoms with Gasteiger partial charge in [0.1, 0.15) is 12.1 Å². The lowest BCUT2D eigenvalue weighted by atomic mass is 9.90. The van der Waals surface area contributed by atoms with E-state index in [9.17, 15) is 10.5 Å². The van der Waals surface area contributed by atoms with Crippen LogP contribution in [0.15, 0.2) is 70.5 Å². The van der Waals surface area contributed by atoms with Gasteiger partial charge < -0.3 is 0 Å². The van der Waals surface area contributed by atoms with Crippen molar-refractivity contribution in [1.29, 1.82) is 10.5 Å². The maximum Gasteiger partial charge on any atom is 0.101 e. The van der Waals surface area contributed by atoms with E-state index in [1.54, 1.807) is 12.1 Å². The van der Waals surface area contributed by atoms with Crippen molar-refractivity contribution in [2.24, 2.45) is 0 Å². The lowest BCUT2D eigenvalue weighted by Gasteiger charge is -2.15. The standard InChI is InChI=1S/C20H12N2S2/c21-11-13-9-17(15-5-1-3-7-19(15)23)18(10-14(13)12-22)16-6-2-4-8-20(16)24/h1-10,23-24H. The molecule has 24 heavy (non-hydrogen) atoms. The molecule has 0 amide bonds. The minimum atomic E-state index is 0.351. The molecule has 0 aliphatic heterocycles. The number of hydrogen-bond acceptors (Lipinski definition) is 4. The number of nitrogens with zero attached hydrogens (tertiary/aromatic N) is 2. The monoisotopic (exact) mass is 344 g/mol. The SMILES string of the molecule is N#Cc1cc(-c2ccccc2S)c(-c2ccccc2S)cc1C#N. The zero-order valence-electron chi connectivity index (χ0n) is 12.6. The maximum absolute atomic E-state index is 9.37. The molecule has 0 aromatic heterocycles. The topological polar surface area (TPSA) is 47.6 Å². The molecule has 2 nitrogen and oxygen atoms in total. The normalized spacial score (nSPS) is 10.0. The van der Waals surface area contributed by atoms with Gasteiger partial charge in [0.15, 0.2) is 0 Å². The average Bonchev–Trinajstić information content (AvgIpc) is 2.61. The molecule has 0 unspecified atom stereocenters. The van der Waals surface area contributed by atoms with Crippen LogP contribution in [0.25, 0.3) is 22.3 Å². The molecule has 3 rings (SSSR count). The summed E-state index contributed by atoms with van der Waals surface area (Å²) in [4.78, 5) is 1.62. The van der Waals surface area contributed by atoms with Gasteiger partial charge in [0.25, 0.3) is 0 Å². The van der Waals surface area contributed by atoms with E-state index < -0.39 is 0 Å². The molecule has 0 atom stereocenters. The smallest absolute Gasteiger partial charge is 0.101 e. The summed E-state index contributed by atoms with van der Waals surface area (Å²) in [5, 5.41) is 18.7. The predicted molar refractivity (Wildman–Crippen MR) is 101 cm³/mol. The minimum Gasteiger partial charge on any atom is -0.192 e. The Morgan fingerprint density at radius 2 is 0.958 bits per heavy atom. The van der Waals surface area contributed by atoms with Crippen molar-refractivity contribution in [2.45, 2.75) is 9.79 Å². The molecule has 114 valence electrons. The lowest BCUT2D eigenvalue weighted by Crippen LogP contribution is -1.93. The molecule has 0 saturated carbocycles. The zero-order chi connectivity index (χ0) is 17.1. The van der Waals surface area contributed by atoms with Crippen molar-refractivity contribution >= 4 is 25.3 Å². The molecule has 3 aromatic rings. The molecule has 4 heteroatoms. The largest absolute Gasteiger partial charge is 0.192 e. The van der Waals surface area contributed by atoms with E-state index in [0.717, 1.165) is 32.0 Å². The Labute approximate surface area is 151 Å².